The molecule has 0 N–H and O–H groups in total. The minimum Gasteiger partial charge on any atom is -0.451 e. The van der Waals surface area contributed by atoms with Crippen LogP contribution in [0.25, 0.3) is 39.1 Å². The lowest BCUT2D eigenvalue weighted by Gasteiger charge is -2.17. The zero-order valence-electron chi connectivity index (χ0n) is 23.2. The molecule has 0 radical (unpaired) electrons. The summed E-state index contributed by atoms with van der Waals surface area (Å²) in [5.41, 5.74) is 3.25. The van der Waals surface area contributed by atoms with Crippen molar-refractivity contribution < 1.29 is 18.3 Å². The predicted molar refractivity (Wildman–Crippen MR) is 155 cm³/mol. The van der Waals surface area contributed by atoms with Crippen molar-refractivity contribution in [3.05, 3.63) is 77.1 Å². The van der Waals surface area contributed by atoms with Crippen LogP contribution in [-0.2, 0) is 25.6 Å². The molecular formula is C29H31F2N5O3Si. The van der Waals surface area contributed by atoms with Crippen LogP contribution in [0.4, 0.5) is 8.78 Å². The molecule has 208 valence electrons. The summed E-state index contributed by atoms with van der Waals surface area (Å²) in [5.74, 6) is -1.47. The lowest BCUT2D eigenvalue weighted by atomic mass is 9.98. The van der Waals surface area contributed by atoms with Crippen LogP contribution in [0.1, 0.15) is 5.56 Å². The second-order valence-electron chi connectivity index (χ2n) is 11.0. The maximum Gasteiger partial charge on any atom is 0.276 e. The standard InChI is InChI=1S/C29H31F2N5O3Si/c1-7-18-12-20(28(25-26(18)35(3)16-32-25)39-24-9-8-19(30)13-23(24)31)22-15-34(2)29(37)27-21(22)14-33-36(27)17-38-10-11-40(4,5)6/h7-9,12-16H,1,10-11,17H2,2-6H3. The minimum absolute atomic E-state index is 0.133. The van der Waals surface area contributed by atoms with Crippen LogP contribution in [0.15, 0.2) is 54.4 Å². The summed E-state index contributed by atoms with van der Waals surface area (Å²) in [6.07, 6.45) is 6.63. The van der Waals surface area contributed by atoms with E-state index >= 15 is 0 Å². The van der Waals surface area contributed by atoms with Gasteiger partial charge in [-0.1, -0.05) is 32.3 Å². The third kappa shape index (κ3) is 5.09. The van der Waals surface area contributed by atoms with Gasteiger partial charge in [-0.2, -0.15) is 5.10 Å². The van der Waals surface area contributed by atoms with E-state index in [0.29, 0.717) is 34.2 Å². The molecule has 2 aromatic carbocycles. The van der Waals surface area contributed by atoms with Gasteiger partial charge in [-0.3, -0.25) is 4.79 Å². The molecule has 3 aromatic heterocycles. The molecule has 0 bridgehead atoms. The molecule has 0 aliphatic heterocycles. The SMILES string of the molecule is C=Cc1cc(-c2cn(C)c(=O)c3c2cnn3COCC[Si](C)(C)C)c(Oc2ccc(F)cc2F)c2ncn(C)c12. The highest BCUT2D eigenvalue weighted by molar-refractivity contribution is 6.76. The zero-order chi connectivity index (χ0) is 28.8. The van der Waals surface area contributed by atoms with Gasteiger partial charge in [-0.25, -0.2) is 18.4 Å². The fourth-order valence-electron chi connectivity index (χ4n) is 4.62. The average molecular weight is 564 g/mol. The number of rotatable bonds is 9. The molecule has 0 aliphatic carbocycles. The van der Waals surface area contributed by atoms with Gasteiger partial charge < -0.3 is 18.6 Å². The molecule has 0 saturated heterocycles. The highest BCUT2D eigenvalue weighted by Gasteiger charge is 2.23. The highest BCUT2D eigenvalue weighted by atomic mass is 28.3. The quantitative estimate of drug-likeness (QED) is 0.155. The molecule has 0 saturated carbocycles. The van der Waals surface area contributed by atoms with Crippen LogP contribution in [0, 0.1) is 11.6 Å². The van der Waals surface area contributed by atoms with Gasteiger partial charge in [-0.15, -0.1) is 0 Å². The molecular weight excluding hydrogens is 532 g/mol. The molecule has 0 aliphatic rings. The summed E-state index contributed by atoms with van der Waals surface area (Å²) in [6.45, 7) is 11.5. The number of halogens is 2. The molecule has 0 unspecified atom stereocenters. The monoisotopic (exact) mass is 563 g/mol. The van der Waals surface area contributed by atoms with Gasteiger partial charge in [0.1, 0.15) is 23.6 Å². The largest absolute Gasteiger partial charge is 0.451 e. The van der Waals surface area contributed by atoms with E-state index in [9.17, 15) is 13.6 Å². The van der Waals surface area contributed by atoms with Gasteiger partial charge >= 0.3 is 0 Å². The van der Waals surface area contributed by atoms with E-state index in [2.05, 4.69) is 36.3 Å². The number of hydrogen-bond acceptors (Lipinski definition) is 5. The summed E-state index contributed by atoms with van der Waals surface area (Å²) in [4.78, 5) is 17.8. The van der Waals surface area contributed by atoms with Crippen molar-refractivity contribution in [3.63, 3.8) is 0 Å². The van der Waals surface area contributed by atoms with Gasteiger partial charge in [0, 0.05) is 63.1 Å². The van der Waals surface area contributed by atoms with Crippen molar-refractivity contribution in [2.45, 2.75) is 32.4 Å². The van der Waals surface area contributed by atoms with Gasteiger partial charge in [0.2, 0.25) is 0 Å². The molecule has 0 atom stereocenters. The number of nitrogens with zero attached hydrogens (tertiary/aromatic N) is 5. The summed E-state index contributed by atoms with van der Waals surface area (Å²) >= 11 is 0. The topological polar surface area (TPSA) is 76.1 Å². The van der Waals surface area contributed by atoms with Crippen molar-refractivity contribution in [3.8, 4) is 22.6 Å². The molecule has 0 fully saturated rings. The smallest absolute Gasteiger partial charge is 0.276 e. The van der Waals surface area contributed by atoms with E-state index < -0.39 is 19.7 Å². The molecule has 8 nitrogen and oxygen atoms in total. The normalized spacial score (nSPS) is 12.0. The average Bonchev–Trinajstić information content (AvgIpc) is 3.49. The number of aromatic nitrogens is 5. The van der Waals surface area contributed by atoms with Crippen molar-refractivity contribution in [2.75, 3.05) is 6.61 Å². The number of fused-ring (bicyclic) bond motifs is 2. The number of imidazole rings is 1. The van der Waals surface area contributed by atoms with E-state index in [4.69, 9.17) is 9.47 Å². The van der Waals surface area contributed by atoms with Crippen LogP contribution in [0.2, 0.25) is 25.7 Å². The minimum atomic E-state index is -1.28. The molecule has 5 rings (SSSR count). The number of benzene rings is 2. The Bertz CT molecular complexity index is 1820. The molecule has 3 heterocycles. The molecule has 5 aromatic rings. The fourth-order valence-corrected chi connectivity index (χ4v) is 5.38. The van der Waals surface area contributed by atoms with Crippen LogP contribution < -0.4 is 10.3 Å². The van der Waals surface area contributed by atoms with Crippen molar-refractivity contribution >= 4 is 36.1 Å². The van der Waals surface area contributed by atoms with Gasteiger partial charge in [0.05, 0.1) is 18.0 Å². The van der Waals surface area contributed by atoms with E-state index in [0.717, 1.165) is 29.3 Å². The number of ether oxygens (including phenoxy) is 2. The first kappa shape index (κ1) is 27.5. The van der Waals surface area contributed by atoms with E-state index in [1.54, 1.807) is 36.5 Å². The third-order valence-electron chi connectivity index (χ3n) is 6.77. The van der Waals surface area contributed by atoms with E-state index in [1.807, 2.05) is 17.7 Å². The summed E-state index contributed by atoms with van der Waals surface area (Å²) in [7, 11) is 2.21. The predicted octanol–water partition coefficient (Wildman–Crippen LogP) is 6.31. The second-order valence-corrected chi connectivity index (χ2v) is 16.6. The first-order valence-electron chi connectivity index (χ1n) is 12.8. The maximum absolute atomic E-state index is 14.7. The first-order chi connectivity index (χ1) is 19.0. The van der Waals surface area contributed by atoms with Crippen molar-refractivity contribution in [1.29, 1.82) is 0 Å². The van der Waals surface area contributed by atoms with Gasteiger partial charge in [-0.05, 0) is 24.2 Å². The summed E-state index contributed by atoms with van der Waals surface area (Å²) in [5, 5.41) is 5.05. The Labute approximate surface area is 231 Å². The van der Waals surface area contributed by atoms with Crippen LogP contribution in [0.5, 0.6) is 11.5 Å². The van der Waals surface area contributed by atoms with Crippen molar-refractivity contribution in [2.24, 2.45) is 14.1 Å². The lowest BCUT2D eigenvalue weighted by molar-refractivity contribution is 0.0815. The Morgan fingerprint density at radius 3 is 2.55 bits per heavy atom. The number of hydrogen-bond donors (Lipinski definition) is 0. The first-order valence-corrected chi connectivity index (χ1v) is 16.6. The molecule has 0 amide bonds. The Kier molecular flexibility index (Phi) is 7.19. The van der Waals surface area contributed by atoms with Crippen LogP contribution in [0.3, 0.4) is 0 Å². The third-order valence-corrected chi connectivity index (χ3v) is 8.48. The molecule has 11 heteroatoms. The molecule has 40 heavy (non-hydrogen) atoms. The zero-order valence-corrected chi connectivity index (χ0v) is 24.2. The van der Waals surface area contributed by atoms with Crippen molar-refractivity contribution in [1.82, 2.24) is 23.9 Å². The number of aryl methyl sites for hydroxylation is 2. The molecule has 0 spiro atoms. The van der Waals surface area contributed by atoms with Crippen LogP contribution in [-0.4, -0.2) is 38.6 Å². The Hall–Kier alpha value is -4.09. The lowest BCUT2D eigenvalue weighted by Crippen LogP contribution is -2.23. The Morgan fingerprint density at radius 2 is 1.85 bits per heavy atom. The van der Waals surface area contributed by atoms with E-state index in [-0.39, 0.29) is 23.8 Å². The fraction of sp³-hybridized carbons (Fsp3) is 0.276. The summed E-state index contributed by atoms with van der Waals surface area (Å²) < 4.78 is 45.2. The second kappa shape index (κ2) is 10.5. The number of pyridine rings is 1. The summed E-state index contributed by atoms with van der Waals surface area (Å²) in [6, 6.07) is 5.97. The Balaban J connectivity index is 1.70. The van der Waals surface area contributed by atoms with Gasteiger partial charge in [0.15, 0.2) is 17.3 Å². The van der Waals surface area contributed by atoms with Crippen LogP contribution >= 0.6 is 0 Å². The Morgan fingerprint density at radius 1 is 1.07 bits per heavy atom. The van der Waals surface area contributed by atoms with E-state index in [1.165, 1.54) is 10.6 Å². The van der Waals surface area contributed by atoms with Gasteiger partial charge in [0.25, 0.3) is 5.56 Å². The maximum atomic E-state index is 14.7. The highest BCUT2D eigenvalue weighted by Crippen LogP contribution is 2.43.